The fourth-order valence-corrected chi connectivity index (χ4v) is 5.37. The highest BCUT2D eigenvalue weighted by atomic mass is 32.1. The number of carbonyl (C=O) groups excluding carboxylic acids is 1. The lowest BCUT2D eigenvalue weighted by Crippen LogP contribution is -2.29. The minimum atomic E-state index is -0.130. The van der Waals surface area contributed by atoms with Gasteiger partial charge in [-0.15, -0.1) is 11.3 Å². The van der Waals surface area contributed by atoms with Crippen LogP contribution < -0.4 is 9.70 Å². The average molecular weight is 412 g/mol. The maximum atomic E-state index is 13.1. The Morgan fingerprint density at radius 3 is 2.55 bits per heavy atom. The largest absolute Gasteiger partial charge is 0.372 e. The van der Waals surface area contributed by atoms with Gasteiger partial charge in [-0.1, -0.05) is 26.8 Å². The van der Waals surface area contributed by atoms with Gasteiger partial charge < -0.3 is 9.47 Å². The monoisotopic (exact) mass is 411 g/mol. The van der Waals surface area contributed by atoms with Crippen LogP contribution in [0.5, 0.6) is 0 Å². The van der Waals surface area contributed by atoms with Gasteiger partial charge in [0.2, 0.25) is 0 Å². The summed E-state index contributed by atoms with van der Waals surface area (Å²) in [5.41, 5.74) is 3.16. The van der Waals surface area contributed by atoms with Crippen molar-refractivity contribution >= 4 is 22.9 Å². The van der Waals surface area contributed by atoms with Gasteiger partial charge in [0.05, 0.1) is 0 Å². The van der Waals surface area contributed by atoms with Crippen molar-refractivity contribution < 1.29 is 4.79 Å². The number of thiazole rings is 1. The molecule has 1 amide bonds. The fourth-order valence-electron chi connectivity index (χ4n) is 4.18. The lowest BCUT2D eigenvalue weighted by Gasteiger charge is -2.28. The zero-order chi connectivity index (χ0) is 20.6. The summed E-state index contributed by atoms with van der Waals surface area (Å²) < 4.78 is 2.29. The first-order valence-electron chi connectivity index (χ1n) is 11.0. The van der Waals surface area contributed by atoms with Crippen molar-refractivity contribution in [1.82, 2.24) is 4.57 Å². The number of hydrogen-bond donors (Lipinski definition) is 0. The van der Waals surface area contributed by atoms with Crippen molar-refractivity contribution in [3.05, 3.63) is 45.2 Å². The van der Waals surface area contributed by atoms with Crippen LogP contribution >= 0.6 is 11.3 Å². The van der Waals surface area contributed by atoms with Crippen molar-refractivity contribution in [3.8, 4) is 0 Å². The number of hydrogen-bond acceptors (Lipinski definition) is 3. The Morgan fingerprint density at radius 1 is 1.17 bits per heavy atom. The molecule has 0 radical (unpaired) electrons. The summed E-state index contributed by atoms with van der Waals surface area (Å²) >= 11 is 1.68. The van der Waals surface area contributed by atoms with Crippen molar-refractivity contribution in [2.45, 2.75) is 71.8 Å². The van der Waals surface area contributed by atoms with Gasteiger partial charge >= 0.3 is 0 Å². The third-order valence-corrected chi connectivity index (χ3v) is 7.59. The van der Waals surface area contributed by atoms with E-state index in [1.165, 1.54) is 42.7 Å². The Labute approximate surface area is 178 Å². The molecule has 0 bridgehead atoms. The number of piperidine rings is 1. The number of carbonyl (C=O) groups is 1. The molecule has 1 saturated heterocycles. The highest BCUT2D eigenvalue weighted by molar-refractivity contribution is 7.09. The molecule has 29 heavy (non-hydrogen) atoms. The Balaban J connectivity index is 1.67. The molecule has 1 aromatic heterocycles. The first-order chi connectivity index (χ1) is 13.8. The molecule has 2 fully saturated rings. The SMILES string of the molecule is Cc1c(C(C)(C)C)sc(=NC(=O)c2cccc(N3CCCCC3)c2)n1CC1CC1. The summed E-state index contributed by atoms with van der Waals surface area (Å²) in [6.07, 6.45) is 6.34. The maximum Gasteiger partial charge on any atom is 0.279 e. The van der Waals surface area contributed by atoms with Crippen LogP contribution in [0.1, 0.15) is 73.8 Å². The van der Waals surface area contributed by atoms with E-state index in [9.17, 15) is 4.79 Å². The number of nitrogens with zero attached hydrogens (tertiary/aromatic N) is 3. The summed E-state index contributed by atoms with van der Waals surface area (Å²) in [5.74, 6) is 0.614. The van der Waals surface area contributed by atoms with E-state index in [0.29, 0.717) is 5.56 Å². The number of aromatic nitrogens is 1. The van der Waals surface area contributed by atoms with Crippen molar-refractivity contribution in [2.75, 3.05) is 18.0 Å². The highest BCUT2D eigenvalue weighted by Gasteiger charge is 2.27. The summed E-state index contributed by atoms with van der Waals surface area (Å²) in [4.78, 5) is 22.3. The topological polar surface area (TPSA) is 37.6 Å². The predicted octanol–water partition coefficient (Wildman–Crippen LogP) is 5.30. The van der Waals surface area contributed by atoms with E-state index in [0.717, 1.165) is 36.0 Å². The van der Waals surface area contributed by atoms with E-state index in [1.54, 1.807) is 11.3 Å². The Morgan fingerprint density at radius 2 is 1.90 bits per heavy atom. The van der Waals surface area contributed by atoms with Crippen LogP contribution in [0.3, 0.4) is 0 Å². The molecular weight excluding hydrogens is 378 g/mol. The Kier molecular flexibility index (Phi) is 5.69. The maximum absolute atomic E-state index is 13.1. The second-order valence-corrected chi connectivity index (χ2v) is 10.6. The van der Waals surface area contributed by atoms with Crippen LogP contribution in [0.25, 0.3) is 0 Å². The molecule has 4 nitrogen and oxygen atoms in total. The van der Waals surface area contributed by atoms with Gasteiger partial charge in [-0.25, -0.2) is 0 Å². The predicted molar refractivity (Wildman–Crippen MR) is 121 cm³/mol. The van der Waals surface area contributed by atoms with E-state index >= 15 is 0 Å². The molecule has 156 valence electrons. The van der Waals surface area contributed by atoms with Crippen LogP contribution in [-0.4, -0.2) is 23.6 Å². The first-order valence-corrected chi connectivity index (χ1v) is 11.8. The van der Waals surface area contributed by atoms with Gasteiger partial charge in [0, 0.05) is 41.5 Å². The van der Waals surface area contributed by atoms with Crippen LogP contribution in [0, 0.1) is 12.8 Å². The van der Waals surface area contributed by atoms with Crippen molar-refractivity contribution in [1.29, 1.82) is 0 Å². The minimum Gasteiger partial charge on any atom is -0.372 e. The molecule has 2 heterocycles. The van der Waals surface area contributed by atoms with Gasteiger partial charge in [-0.3, -0.25) is 4.79 Å². The lowest BCUT2D eigenvalue weighted by atomic mass is 9.93. The molecule has 1 aliphatic heterocycles. The summed E-state index contributed by atoms with van der Waals surface area (Å²) in [5, 5.41) is 0. The molecule has 1 aliphatic carbocycles. The van der Waals surface area contributed by atoms with Crippen molar-refractivity contribution in [2.24, 2.45) is 10.9 Å². The third kappa shape index (κ3) is 4.66. The minimum absolute atomic E-state index is 0.0606. The zero-order valence-electron chi connectivity index (χ0n) is 18.2. The lowest BCUT2D eigenvalue weighted by molar-refractivity contribution is 0.0997. The average Bonchev–Trinajstić information content (AvgIpc) is 3.47. The number of anilines is 1. The van der Waals surface area contributed by atoms with Gasteiger partial charge in [0.1, 0.15) is 0 Å². The van der Waals surface area contributed by atoms with Crippen LogP contribution in [0.15, 0.2) is 29.3 Å². The first kappa shape index (κ1) is 20.4. The Hall–Kier alpha value is -1.88. The van der Waals surface area contributed by atoms with Crippen LogP contribution in [0.2, 0.25) is 0 Å². The van der Waals surface area contributed by atoms with E-state index in [-0.39, 0.29) is 11.3 Å². The van der Waals surface area contributed by atoms with E-state index < -0.39 is 0 Å². The van der Waals surface area contributed by atoms with Gasteiger partial charge in [-0.05, 0) is 68.6 Å². The van der Waals surface area contributed by atoms with Gasteiger partial charge in [0.25, 0.3) is 5.91 Å². The van der Waals surface area contributed by atoms with E-state index in [4.69, 9.17) is 0 Å². The molecule has 0 unspecified atom stereocenters. The molecule has 5 heteroatoms. The summed E-state index contributed by atoms with van der Waals surface area (Å²) in [6.45, 7) is 12.0. The van der Waals surface area contributed by atoms with E-state index in [1.807, 2.05) is 18.2 Å². The fraction of sp³-hybridized carbons (Fsp3) is 0.583. The van der Waals surface area contributed by atoms with Gasteiger partial charge in [0.15, 0.2) is 4.80 Å². The summed E-state index contributed by atoms with van der Waals surface area (Å²) in [6, 6.07) is 8.02. The van der Waals surface area contributed by atoms with E-state index in [2.05, 4.69) is 48.2 Å². The smallest absolute Gasteiger partial charge is 0.279 e. The number of rotatable bonds is 4. The molecule has 1 aromatic carbocycles. The second kappa shape index (κ2) is 8.10. The molecule has 2 aliphatic rings. The number of benzene rings is 1. The molecule has 0 spiro atoms. The quantitative estimate of drug-likeness (QED) is 0.685. The summed E-state index contributed by atoms with van der Waals surface area (Å²) in [7, 11) is 0. The molecule has 0 N–H and O–H groups in total. The zero-order valence-corrected chi connectivity index (χ0v) is 19.0. The molecule has 0 atom stereocenters. The van der Waals surface area contributed by atoms with Crippen LogP contribution in [0.4, 0.5) is 5.69 Å². The number of amides is 1. The molecule has 1 saturated carbocycles. The molecule has 4 rings (SSSR count). The molecule has 2 aromatic rings. The van der Waals surface area contributed by atoms with Crippen LogP contribution in [-0.2, 0) is 12.0 Å². The van der Waals surface area contributed by atoms with Crippen molar-refractivity contribution in [3.63, 3.8) is 0 Å². The Bertz CT molecular complexity index is 953. The standard InChI is InChI=1S/C24H33N3OS/c1-17-21(24(2,3)4)29-23(27(17)16-18-11-12-18)25-22(28)19-9-8-10-20(15-19)26-13-6-5-7-14-26/h8-10,15,18H,5-7,11-14,16H2,1-4H3. The highest BCUT2D eigenvalue weighted by Crippen LogP contribution is 2.33. The molecular formula is C24H33N3OS. The normalized spacial score (nSPS) is 18.3. The van der Waals surface area contributed by atoms with Gasteiger partial charge in [-0.2, -0.15) is 4.99 Å². The third-order valence-electron chi connectivity index (χ3n) is 5.99. The second-order valence-electron chi connectivity index (χ2n) is 9.62.